The Morgan fingerprint density at radius 2 is 2.19 bits per heavy atom. The molecule has 4 heteroatoms. The lowest BCUT2D eigenvalue weighted by atomic mass is 10.1. The Balaban J connectivity index is 2.44. The predicted octanol–water partition coefficient (Wildman–Crippen LogP) is 1.23. The van der Waals surface area contributed by atoms with Crippen molar-refractivity contribution in [2.45, 2.75) is 52.3 Å². The Morgan fingerprint density at radius 1 is 1.50 bits per heavy atom. The molecule has 0 spiro atoms. The molecule has 0 amide bonds. The smallest absolute Gasteiger partial charge is 0.0625 e. The summed E-state index contributed by atoms with van der Waals surface area (Å²) in [6.07, 6.45) is 1.50. The van der Waals surface area contributed by atoms with Crippen LogP contribution in [-0.4, -0.2) is 27.0 Å². The fourth-order valence-corrected chi connectivity index (χ4v) is 1.78. The van der Waals surface area contributed by atoms with Crippen molar-refractivity contribution in [3.8, 4) is 0 Å². The van der Waals surface area contributed by atoms with E-state index in [1.54, 1.807) is 0 Å². The molecule has 92 valence electrons. The lowest BCUT2D eigenvalue weighted by Crippen LogP contribution is -2.29. The summed E-state index contributed by atoms with van der Waals surface area (Å²) in [6, 6.07) is 2.45. The van der Waals surface area contributed by atoms with Gasteiger partial charge in [0.05, 0.1) is 17.5 Å². The van der Waals surface area contributed by atoms with Gasteiger partial charge in [0.1, 0.15) is 0 Å². The van der Waals surface area contributed by atoms with Crippen LogP contribution in [0.1, 0.15) is 38.6 Å². The summed E-state index contributed by atoms with van der Waals surface area (Å²) in [4.78, 5) is 0. The molecule has 0 bridgehead atoms. The number of aliphatic hydroxyl groups excluding tert-OH is 1. The highest BCUT2D eigenvalue weighted by Gasteiger charge is 2.08. The van der Waals surface area contributed by atoms with Crippen molar-refractivity contribution in [1.82, 2.24) is 15.1 Å². The molecule has 0 radical (unpaired) electrons. The molecule has 0 fully saturated rings. The van der Waals surface area contributed by atoms with Gasteiger partial charge in [0, 0.05) is 19.6 Å². The second kappa shape index (κ2) is 6.01. The number of nitrogens with one attached hydrogen (secondary N) is 1. The highest BCUT2D eigenvalue weighted by atomic mass is 16.3. The molecule has 2 atom stereocenters. The van der Waals surface area contributed by atoms with Crippen LogP contribution < -0.4 is 5.32 Å². The molecule has 0 aliphatic heterocycles. The number of hydrogen-bond acceptors (Lipinski definition) is 3. The number of aliphatic hydroxyl groups is 1. The molecule has 1 rings (SSSR count). The zero-order valence-corrected chi connectivity index (χ0v) is 10.7. The summed E-state index contributed by atoms with van der Waals surface area (Å²) in [5.74, 6) is 0. The Kier molecular flexibility index (Phi) is 4.96. The van der Waals surface area contributed by atoms with Gasteiger partial charge in [0.15, 0.2) is 0 Å². The minimum atomic E-state index is -0.250. The zero-order chi connectivity index (χ0) is 12.1. The lowest BCUT2D eigenvalue weighted by molar-refractivity contribution is 0.170. The molecule has 0 saturated carbocycles. The average molecular weight is 225 g/mol. The summed E-state index contributed by atoms with van der Waals surface area (Å²) in [5, 5.41) is 17.0. The van der Waals surface area contributed by atoms with Crippen LogP contribution in [0.4, 0.5) is 0 Å². The van der Waals surface area contributed by atoms with Crippen molar-refractivity contribution in [3.63, 3.8) is 0 Å². The minimum Gasteiger partial charge on any atom is -0.393 e. The van der Waals surface area contributed by atoms with Crippen LogP contribution in [0.2, 0.25) is 0 Å². The summed E-state index contributed by atoms with van der Waals surface area (Å²) in [6.45, 7) is 6.81. The first-order valence-electron chi connectivity index (χ1n) is 5.96. The van der Waals surface area contributed by atoms with E-state index in [-0.39, 0.29) is 6.10 Å². The van der Waals surface area contributed by atoms with Crippen LogP contribution in [0.5, 0.6) is 0 Å². The van der Waals surface area contributed by atoms with Crippen molar-refractivity contribution < 1.29 is 5.11 Å². The maximum atomic E-state index is 9.26. The summed E-state index contributed by atoms with van der Waals surface area (Å²) < 4.78 is 1.92. The molecule has 0 saturated heterocycles. The van der Waals surface area contributed by atoms with Gasteiger partial charge in [-0.15, -0.1) is 0 Å². The maximum Gasteiger partial charge on any atom is 0.0625 e. The monoisotopic (exact) mass is 225 g/mol. The molecule has 1 aromatic heterocycles. The quantitative estimate of drug-likeness (QED) is 0.765. The Hall–Kier alpha value is -0.870. The summed E-state index contributed by atoms with van der Waals surface area (Å²) in [7, 11) is 1.97. The van der Waals surface area contributed by atoms with Gasteiger partial charge in [0.25, 0.3) is 0 Å². The van der Waals surface area contributed by atoms with E-state index in [9.17, 15) is 5.11 Å². The van der Waals surface area contributed by atoms with Gasteiger partial charge in [-0.1, -0.05) is 6.92 Å². The largest absolute Gasteiger partial charge is 0.393 e. The number of aromatic nitrogens is 2. The fraction of sp³-hybridized carbons (Fsp3) is 0.750. The van der Waals surface area contributed by atoms with Gasteiger partial charge in [-0.2, -0.15) is 5.10 Å². The molecule has 0 aliphatic carbocycles. The Labute approximate surface area is 97.7 Å². The lowest BCUT2D eigenvalue weighted by Gasteiger charge is -2.15. The molecule has 0 aromatic carbocycles. The van der Waals surface area contributed by atoms with E-state index in [4.69, 9.17) is 0 Å². The van der Waals surface area contributed by atoms with Crippen molar-refractivity contribution in [2.75, 3.05) is 0 Å². The van der Waals surface area contributed by atoms with Gasteiger partial charge in [-0.3, -0.25) is 4.68 Å². The molecule has 4 nitrogen and oxygen atoms in total. The van der Waals surface area contributed by atoms with E-state index >= 15 is 0 Å². The van der Waals surface area contributed by atoms with Crippen LogP contribution in [0.15, 0.2) is 6.07 Å². The average Bonchev–Trinajstić information content (AvgIpc) is 2.55. The zero-order valence-electron chi connectivity index (χ0n) is 10.7. The Bertz CT molecular complexity index is 320. The minimum absolute atomic E-state index is 0.250. The number of rotatable bonds is 6. The van der Waals surface area contributed by atoms with Gasteiger partial charge in [-0.05, 0) is 32.8 Å². The maximum absolute atomic E-state index is 9.26. The molecule has 1 aromatic rings. The van der Waals surface area contributed by atoms with E-state index in [0.29, 0.717) is 6.04 Å². The van der Waals surface area contributed by atoms with Crippen LogP contribution in [0.25, 0.3) is 0 Å². The van der Waals surface area contributed by atoms with Crippen LogP contribution >= 0.6 is 0 Å². The summed E-state index contributed by atoms with van der Waals surface area (Å²) in [5.41, 5.74) is 2.32. The molecular weight excluding hydrogens is 202 g/mol. The normalized spacial score (nSPS) is 15.1. The van der Waals surface area contributed by atoms with E-state index in [1.165, 1.54) is 5.69 Å². The number of hydrogen-bond donors (Lipinski definition) is 2. The SMILES string of the molecule is CCc1cc(CNC(C)CC(C)O)n(C)n1. The van der Waals surface area contributed by atoms with Crippen molar-refractivity contribution in [2.24, 2.45) is 7.05 Å². The van der Waals surface area contributed by atoms with Crippen molar-refractivity contribution in [1.29, 1.82) is 0 Å². The fourth-order valence-electron chi connectivity index (χ4n) is 1.78. The number of aryl methyl sites for hydroxylation is 2. The third-order valence-corrected chi connectivity index (χ3v) is 2.72. The van der Waals surface area contributed by atoms with Crippen molar-refractivity contribution >= 4 is 0 Å². The van der Waals surface area contributed by atoms with E-state index in [1.807, 2.05) is 18.7 Å². The molecular formula is C12H23N3O. The van der Waals surface area contributed by atoms with Crippen LogP contribution in [-0.2, 0) is 20.0 Å². The molecule has 0 aliphatic rings. The highest BCUT2D eigenvalue weighted by molar-refractivity contribution is 5.09. The molecule has 16 heavy (non-hydrogen) atoms. The standard InChI is InChI=1S/C12H23N3O/c1-5-11-7-12(15(4)14-11)8-13-9(2)6-10(3)16/h7,9-10,13,16H,5-6,8H2,1-4H3. The van der Waals surface area contributed by atoms with E-state index in [2.05, 4.69) is 30.3 Å². The van der Waals surface area contributed by atoms with Crippen LogP contribution in [0, 0.1) is 0 Å². The first-order valence-corrected chi connectivity index (χ1v) is 5.96. The van der Waals surface area contributed by atoms with Gasteiger partial charge in [0.2, 0.25) is 0 Å². The first-order chi connectivity index (χ1) is 7.52. The van der Waals surface area contributed by atoms with Gasteiger partial charge >= 0.3 is 0 Å². The topological polar surface area (TPSA) is 50.1 Å². The van der Waals surface area contributed by atoms with Gasteiger partial charge < -0.3 is 10.4 Å². The molecule has 1 heterocycles. The van der Waals surface area contributed by atoms with Gasteiger partial charge in [-0.25, -0.2) is 0 Å². The first kappa shape index (κ1) is 13.2. The number of nitrogens with zero attached hydrogens (tertiary/aromatic N) is 2. The molecule has 2 unspecified atom stereocenters. The third-order valence-electron chi connectivity index (χ3n) is 2.72. The Morgan fingerprint density at radius 3 is 2.69 bits per heavy atom. The predicted molar refractivity (Wildman–Crippen MR) is 65.2 cm³/mol. The second-order valence-electron chi connectivity index (χ2n) is 4.47. The van der Waals surface area contributed by atoms with E-state index in [0.717, 1.165) is 25.1 Å². The van der Waals surface area contributed by atoms with Crippen LogP contribution in [0.3, 0.4) is 0 Å². The van der Waals surface area contributed by atoms with E-state index < -0.39 is 0 Å². The van der Waals surface area contributed by atoms with Crippen molar-refractivity contribution in [3.05, 3.63) is 17.5 Å². The second-order valence-corrected chi connectivity index (χ2v) is 4.47. The summed E-state index contributed by atoms with van der Waals surface area (Å²) >= 11 is 0. The molecule has 2 N–H and O–H groups in total. The third kappa shape index (κ3) is 3.94. The highest BCUT2D eigenvalue weighted by Crippen LogP contribution is 2.05.